The van der Waals surface area contributed by atoms with E-state index in [1.807, 2.05) is 6.92 Å². The minimum absolute atomic E-state index is 0.0583. The molecular formula is C13H12FNO2S. The summed E-state index contributed by atoms with van der Waals surface area (Å²) < 4.78 is 13.2. The fourth-order valence-electron chi connectivity index (χ4n) is 1.74. The highest BCUT2D eigenvalue weighted by Crippen LogP contribution is 2.29. The molecule has 94 valence electrons. The van der Waals surface area contributed by atoms with Crippen LogP contribution in [0, 0.1) is 19.7 Å². The maximum absolute atomic E-state index is 13.2. The summed E-state index contributed by atoms with van der Waals surface area (Å²) in [5.74, 6) is -1.16. The van der Waals surface area contributed by atoms with E-state index in [0.29, 0.717) is 16.1 Å². The predicted octanol–water partition coefficient (Wildman–Crippen LogP) is 3.19. The van der Waals surface area contributed by atoms with E-state index >= 15 is 0 Å². The molecule has 0 bridgehead atoms. The summed E-state index contributed by atoms with van der Waals surface area (Å²) in [5, 5.41) is 9.67. The summed E-state index contributed by atoms with van der Waals surface area (Å²) in [5.41, 5.74) is 1.93. The molecule has 1 aromatic heterocycles. The molecule has 0 aliphatic carbocycles. The van der Waals surface area contributed by atoms with Crippen LogP contribution >= 0.6 is 11.3 Å². The van der Waals surface area contributed by atoms with Gasteiger partial charge in [-0.25, -0.2) is 9.37 Å². The van der Waals surface area contributed by atoms with E-state index < -0.39 is 5.97 Å². The molecule has 5 heteroatoms. The maximum Gasteiger partial charge on any atom is 0.308 e. The van der Waals surface area contributed by atoms with E-state index in [-0.39, 0.29) is 12.2 Å². The molecule has 0 saturated heterocycles. The summed E-state index contributed by atoms with van der Waals surface area (Å²) in [6.45, 7) is 3.50. The summed E-state index contributed by atoms with van der Waals surface area (Å²) in [6, 6.07) is 4.70. The Labute approximate surface area is 108 Å². The molecule has 0 radical (unpaired) electrons. The maximum atomic E-state index is 13.2. The van der Waals surface area contributed by atoms with Crippen LogP contribution in [-0.2, 0) is 11.2 Å². The van der Waals surface area contributed by atoms with Crippen molar-refractivity contribution in [1.29, 1.82) is 0 Å². The van der Waals surface area contributed by atoms with Crippen LogP contribution in [0.25, 0.3) is 11.3 Å². The number of nitrogens with zero attached hydrogens (tertiary/aromatic N) is 1. The van der Waals surface area contributed by atoms with Crippen molar-refractivity contribution in [2.75, 3.05) is 0 Å². The number of aryl methyl sites for hydroxylation is 2. The van der Waals surface area contributed by atoms with Gasteiger partial charge in [-0.05, 0) is 37.6 Å². The number of aliphatic carboxylic acids is 1. The van der Waals surface area contributed by atoms with Gasteiger partial charge in [0.15, 0.2) is 0 Å². The molecule has 0 saturated carbocycles. The number of halogens is 1. The number of rotatable bonds is 3. The Balaban J connectivity index is 2.49. The zero-order chi connectivity index (χ0) is 13.3. The number of carboxylic acid groups (broad SMARTS) is 1. The Hall–Kier alpha value is -1.75. The lowest BCUT2D eigenvalue weighted by atomic mass is 10.1. The zero-order valence-corrected chi connectivity index (χ0v) is 10.8. The number of hydrogen-bond donors (Lipinski definition) is 1. The smallest absolute Gasteiger partial charge is 0.308 e. The van der Waals surface area contributed by atoms with E-state index in [1.165, 1.54) is 17.4 Å². The first-order valence-electron chi connectivity index (χ1n) is 5.42. The standard InChI is InChI=1S/C13H12FNO2S/c1-7-5-9(3-4-10(7)14)13-11(6-12(16)17)18-8(2)15-13/h3-5H,6H2,1-2H3,(H,16,17). The van der Waals surface area contributed by atoms with Crippen molar-refractivity contribution in [2.45, 2.75) is 20.3 Å². The molecule has 0 unspecified atom stereocenters. The van der Waals surface area contributed by atoms with Crippen LogP contribution in [-0.4, -0.2) is 16.1 Å². The van der Waals surface area contributed by atoms with Crippen LogP contribution in [0.5, 0.6) is 0 Å². The average Bonchev–Trinajstić information content (AvgIpc) is 2.62. The van der Waals surface area contributed by atoms with Crippen LogP contribution in [0.4, 0.5) is 4.39 Å². The highest BCUT2D eigenvalue weighted by atomic mass is 32.1. The molecule has 1 N–H and O–H groups in total. The van der Waals surface area contributed by atoms with Crippen molar-refractivity contribution in [1.82, 2.24) is 4.98 Å². The summed E-state index contributed by atoms with van der Waals surface area (Å²) in [4.78, 5) is 15.8. The molecule has 3 nitrogen and oxygen atoms in total. The van der Waals surface area contributed by atoms with Crippen molar-refractivity contribution in [3.63, 3.8) is 0 Å². The Morgan fingerprint density at radius 3 is 2.78 bits per heavy atom. The molecule has 2 aromatic rings. The molecule has 0 aliphatic heterocycles. The molecule has 1 aromatic carbocycles. The first kappa shape index (κ1) is 12.7. The number of hydrogen-bond acceptors (Lipinski definition) is 3. The lowest BCUT2D eigenvalue weighted by Crippen LogP contribution is -1.99. The number of aromatic nitrogens is 1. The molecule has 2 rings (SSSR count). The summed E-state index contributed by atoms with van der Waals surface area (Å²) >= 11 is 1.36. The minimum atomic E-state index is -0.890. The van der Waals surface area contributed by atoms with Gasteiger partial charge in [-0.1, -0.05) is 0 Å². The normalized spacial score (nSPS) is 10.6. The van der Waals surface area contributed by atoms with Crippen molar-refractivity contribution in [3.8, 4) is 11.3 Å². The van der Waals surface area contributed by atoms with Crippen LogP contribution in [0.3, 0.4) is 0 Å². The molecule has 0 amide bonds. The molecule has 1 heterocycles. The minimum Gasteiger partial charge on any atom is -0.481 e. The Bertz CT molecular complexity index is 607. The number of thiazole rings is 1. The Kier molecular flexibility index (Phi) is 3.43. The molecular weight excluding hydrogens is 253 g/mol. The lowest BCUT2D eigenvalue weighted by Gasteiger charge is -2.03. The highest BCUT2D eigenvalue weighted by molar-refractivity contribution is 7.12. The third-order valence-electron chi connectivity index (χ3n) is 2.55. The van der Waals surface area contributed by atoms with Gasteiger partial charge in [0.25, 0.3) is 0 Å². The Morgan fingerprint density at radius 1 is 1.44 bits per heavy atom. The average molecular weight is 265 g/mol. The summed E-state index contributed by atoms with van der Waals surface area (Å²) in [6.07, 6.45) is -0.0583. The van der Waals surface area contributed by atoms with Gasteiger partial charge in [0.2, 0.25) is 0 Å². The van der Waals surface area contributed by atoms with Crippen LogP contribution in [0.15, 0.2) is 18.2 Å². The number of benzene rings is 1. The molecule has 0 aliphatic rings. The molecule has 18 heavy (non-hydrogen) atoms. The fourth-order valence-corrected chi connectivity index (χ4v) is 2.69. The third-order valence-corrected chi connectivity index (χ3v) is 3.52. The number of carboxylic acids is 1. The van der Waals surface area contributed by atoms with Crippen LogP contribution < -0.4 is 0 Å². The van der Waals surface area contributed by atoms with Gasteiger partial charge < -0.3 is 5.11 Å². The zero-order valence-electron chi connectivity index (χ0n) is 10.0. The molecule has 0 fully saturated rings. The quantitative estimate of drug-likeness (QED) is 0.927. The van der Waals surface area contributed by atoms with E-state index in [2.05, 4.69) is 4.98 Å². The summed E-state index contributed by atoms with van der Waals surface area (Å²) in [7, 11) is 0. The highest BCUT2D eigenvalue weighted by Gasteiger charge is 2.14. The van der Waals surface area contributed by atoms with Crippen molar-refractivity contribution in [3.05, 3.63) is 39.5 Å². The monoisotopic (exact) mass is 265 g/mol. The first-order valence-corrected chi connectivity index (χ1v) is 6.23. The van der Waals surface area contributed by atoms with E-state index in [4.69, 9.17) is 5.11 Å². The van der Waals surface area contributed by atoms with Gasteiger partial charge in [-0.3, -0.25) is 4.79 Å². The Morgan fingerprint density at radius 2 is 2.17 bits per heavy atom. The lowest BCUT2D eigenvalue weighted by molar-refractivity contribution is -0.136. The molecule has 0 atom stereocenters. The van der Waals surface area contributed by atoms with Gasteiger partial charge in [0.1, 0.15) is 5.82 Å². The van der Waals surface area contributed by atoms with Gasteiger partial charge in [-0.2, -0.15) is 0 Å². The van der Waals surface area contributed by atoms with E-state index in [9.17, 15) is 9.18 Å². The first-order chi connectivity index (χ1) is 8.47. The van der Waals surface area contributed by atoms with E-state index in [1.54, 1.807) is 19.1 Å². The van der Waals surface area contributed by atoms with Crippen molar-refractivity contribution in [2.24, 2.45) is 0 Å². The van der Waals surface area contributed by atoms with Gasteiger partial charge in [0.05, 0.1) is 17.1 Å². The van der Waals surface area contributed by atoms with Gasteiger partial charge in [0, 0.05) is 10.4 Å². The van der Waals surface area contributed by atoms with E-state index in [0.717, 1.165) is 10.6 Å². The molecule has 0 spiro atoms. The second-order valence-electron chi connectivity index (χ2n) is 4.04. The van der Waals surface area contributed by atoms with Crippen LogP contribution in [0.1, 0.15) is 15.4 Å². The number of carbonyl (C=O) groups is 1. The van der Waals surface area contributed by atoms with Crippen molar-refractivity contribution < 1.29 is 14.3 Å². The predicted molar refractivity (Wildman–Crippen MR) is 68.3 cm³/mol. The van der Waals surface area contributed by atoms with Crippen molar-refractivity contribution >= 4 is 17.3 Å². The second kappa shape index (κ2) is 4.86. The van der Waals surface area contributed by atoms with Crippen LogP contribution in [0.2, 0.25) is 0 Å². The largest absolute Gasteiger partial charge is 0.481 e. The SMILES string of the molecule is Cc1nc(-c2ccc(F)c(C)c2)c(CC(=O)O)s1. The van der Waals surface area contributed by atoms with Gasteiger partial charge >= 0.3 is 5.97 Å². The fraction of sp³-hybridized carbons (Fsp3) is 0.231. The van der Waals surface area contributed by atoms with Gasteiger partial charge in [-0.15, -0.1) is 11.3 Å². The topological polar surface area (TPSA) is 50.2 Å². The third kappa shape index (κ3) is 2.56. The second-order valence-corrected chi connectivity index (χ2v) is 5.33.